The Kier molecular flexibility index (Phi) is 4.83. The highest BCUT2D eigenvalue weighted by Gasteiger charge is 2.35. The van der Waals surface area contributed by atoms with Crippen LogP contribution in [0.15, 0.2) is 46.7 Å². The Hall–Kier alpha value is -1.22. The Morgan fingerprint density at radius 1 is 1.08 bits per heavy atom. The maximum absolute atomic E-state index is 12.7. The van der Waals surface area contributed by atoms with Gasteiger partial charge in [0.1, 0.15) is 4.21 Å². The molecule has 1 atom stereocenters. The monoisotopic (exact) mass is 385 g/mol. The average Bonchev–Trinajstić information content (AvgIpc) is 2.91. The van der Waals surface area contributed by atoms with E-state index in [0.717, 1.165) is 10.4 Å². The van der Waals surface area contributed by atoms with Gasteiger partial charge in [-0.2, -0.15) is 4.31 Å². The van der Waals surface area contributed by atoms with E-state index < -0.39 is 25.1 Å². The molecule has 0 bridgehead atoms. The van der Waals surface area contributed by atoms with E-state index in [9.17, 15) is 16.8 Å². The zero-order valence-electron chi connectivity index (χ0n) is 13.3. The first-order valence-corrected chi connectivity index (χ1v) is 11.6. The summed E-state index contributed by atoms with van der Waals surface area (Å²) in [6, 6.07) is 12.4. The summed E-state index contributed by atoms with van der Waals surface area (Å²) in [7, 11) is -7.02. The second-order valence-corrected chi connectivity index (χ2v) is 11.6. The third kappa shape index (κ3) is 3.42. The van der Waals surface area contributed by atoms with Crippen LogP contribution < -0.4 is 0 Å². The molecule has 24 heavy (non-hydrogen) atoms. The molecule has 130 valence electrons. The van der Waals surface area contributed by atoms with E-state index in [1.54, 1.807) is 36.4 Å². The minimum Gasteiger partial charge on any atom is -0.228 e. The quantitative estimate of drug-likeness (QED) is 0.814. The van der Waals surface area contributed by atoms with Gasteiger partial charge in [-0.05, 0) is 31.0 Å². The predicted octanol–water partition coefficient (Wildman–Crippen LogP) is 2.61. The van der Waals surface area contributed by atoms with Gasteiger partial charge in [0.25, 0.3) is 10.0 Å². The van der Waals surface area contributed by atoms with Crippen LogP contribution in [0.5, 0.6) is 0 Å². The third-order valence-electron chi connectivity index (χ3n) is 4.18. The van der Waals surface area contributed by atoms with E-state index in [1.807, 2.05) is 13.0 Å². The molecule has 1 aliphatic heterocycles. The second kappa shape index (κ2) is 6.59. The lowest BCUT2D eigenvalue weighted by atomic mass is 10.1. The van der Waals surface area contributed by atoms with Gasteiger partial charge in [-0.15, -0.1) is 11.3 Å². The van der Waals surface area contributed by atoms with Crippen molar-refractivity contribution in [3.63, 3.8) is 0 Å². The van der Waals surface area contributed by atoms with Gasteiger partial charge in [-0.25, -0.2) is 16.8 Å². The molecular formula is C16H19NO4S3. The summed E-state index contributed by atoms with van der Waals surface area (Å²) in [5.74, 6) is -0.157. The van der Waals surface area contributed by atoms with Gasteiger partial charge in [0.05, 0.1) is 11.0 Å². The van der Waals surface area contributed by atoms with E-state index in [-0.39, 0.29) is 29.5 Å². The number of nitrogens with zero attached hydrogens (tertiary/aromatic N) is 1. The van der Waals surface area contributed by atoms with Gasteiger partial charge in [0.2, 0.25) is 0 Å². The SMILES string of the molecule is Cc1ccc(S(=O)(=O)N2CCC(c3ccccc3)S(=O)(=O)CC2)s1. The Balaban J connectivity index is 1.89. The number of hydrogen-bond acceptors (Lipinski definition) is 5. The molecule has 1 saturated heterocycles. The lowest BCUT2D eigenvalue weighted by Gasteiger charge is -2.18. The largest absolute Gasteiger partial charge is 0.252 e. The molecule has 0 aliphatic carbocycles. The third-order valence-corrected chi connectivity index (χ3v) is 9.67. The number of sulfonamides is 1. The van der Waals surface area contributed by atoms with Gasteiger partial charge < -0.3 is 0 Å². The van der Waals surface area contributed by atoms with Gasteiger partial charge in [0.15, 0.2) is 9.84 Å². The number of thiophene rings is 1. The van der Waals surface area contributed by atoms with Crippen molar-refractivity contribution in [2.45, 2.75) is 22.8 Å². The first-order chi connectivity index (χ1) is 11.3. The molecule has 1 aromatic heterocycles. The van der Waals surface area contributed by atoms with Crippen molar-refractivity contribution in [2.75, 3.05) is 18.8 Å². The van der Waals surface area contributed by atoms with Gasteiger partial charge in [-0.1, -0.05) is 30.3 Å². The van der Waals surface area contributed by atoms with Crippen LogP contribution in [0.4, 0.5) is 0 Å². The Bertz CT molecular complexity index is 917. The smallest absolute Gasteiger partial charge is 0.228 e. The summed E-state index contributed by atoms with van der Waals surface area (Å²) < 4.78 is 52.3. The van der Waals surface area contributed by atoms with Crippen LogP contribution in [0.2, 0.25) is 0 Å². The lowest BCUT2D eigenvalue weighted by molar-refractivity contribution is 0.429. The Morgan fingerprint density at radius 3 is 2.42 bits per heavy atom. The number of sulfone groups is 1. The number of aryl methyl sites for hydroxylation is 1. The molecular weight excluding hydrogens is 366 g/mol. The molecule has 0 amide bonds. The molecule has 5 nitrogen and oxygen atoms in total. The van der Waals surface area contributed by atoms with Gasteiger partial charge >= 0.3 is 0 Å². The molecule has 1 unspecified atom stereocenters. The number of benzene rings is 1. The molecule has 0 saturated carbocycles. The molecule has 1 fully saturated rings. The van der Waals surface area contributed by atoms with Crippen molar-refractivity contribution in [2.24, 2.45) is 0 Å². The lowest BCUT2D eigenvalue weighted by Crippen LogP contribution is -2.33. The minimum absolute atomic E-state index is 0.00491. The maximum Gasteiger partial charge on any atom is 0.252 e. The normalized spacial score (nSPS) is 22.1. The molecule has 0 N–H and O–H groups in total. The highest BCUT2D eigenvalue weighted by Crippen LogP contribution is 2.32. The molecule has 2 heterocycles. The van der Waals surface area contributed by atoms with Crippen LogP contribution in [0.25, 0.3) is 0 Å². The summed E-state index contributed by atoms with van der Waals surface area (Å²) in [5.41, 5.74) is 0.726. The number of hydrogen-bond donors (Lipinski definition) is 0. The van der Waals surface area contributed by atoms with Crippen molar-refractivity contribution in [1.82, 2.24) is 4.31 Å². The maximum atomic E-state index is 12.7. The molecule has 2 aromatic rings. The summed E-state index contributed by atoms with van der Waals surface area (Å²) in [5, 5.41) is -0.649. The van der Waals surface area contributed by atoms with Gasteiger partial charge in [-0.3, -0.25) is 0 Å². The van der Waals surface area contributed by atoms with Crippen molar-refractivity contribution in [1.29, 1.82) is 0 Å². The van der Waals surface area contributed by atoms with Crippen molar-refractivity contribution in [3.05, 3.63) is 52.9 Å². The summed E-state index contributed by atoms with van der Waals surface area (Å²) in [6.07, 6.45) is 0.274. The van der Waals surface area contributed by atoms with E-state index in [2.05, 4.69) is 0 Å². The van der Waals surface area contributed by atoms with Crippen molar-refractivity contribution in [3.8, 4) is 0 Å². The van der Waals surface area contributed by atoms with E-state index >= 15 is 0 Å². The summed E-state index contributed by atoms with van der Waals surface area (Å²) >= 11 is 1.21. The average molecular weight is 386 g/mol. The number of rotatable bonds is 3. The molecule has 3 rings (SSSR count). The fourth-order valence-electron chi connectivity index (χ4n) is 2.88. The fraction of sp³-hybridized carbons (Fsp3) is 0.375. The van der Waals surface area contributed by atoms with Crippen LogP contribution >= 0.6 is 11.3 Å². The van der Waals surface area contributed by atoms with Gasteiger partial charge in [0, 0.05) is 18.0 Å². The standard InChI is InChI=1S/C16H19NO4S3/c1-13-7-8-16(22-13)24(20,21)17-10-9-15(23(18,19)12-11-17)14-5-3-2-4-6-14/h2-8,15H,9-12H2,1H3. The minimum atomic E-state index is -3.63. The topological polar surface area (TPSA) is 71.5 Å². The summed E-state index contributed by atoms with van der Waals surface area (Å²) in [4.78, 5) is 0.915. The molecule has 1 aromatic carbocycles. The first-order valence-electron chi connectivity index (χ1n) is 7.64. The molecule has 1 aliphatic rings. The van der Waals surface area contributed by atoms with Crippen molar-refractivity contribution < 1.29 is 16.8 Å². The van der Waals surface area contributed by atoms with E-state index in [1.165, 1.54) is 15.6 Å². The zero-order valence-corrected chi connectivity index (χ0v) is 15.7. The van der Waals surface area contributed by atoms with Crippen LogP contribution in [-0.4, -0.2) is 40.0 Å². The fourth-order valence-corrected chi connectivity index (χ4v) is 7.69. The van der Waals surface area contributed by atoms with E-state index in [0.29, 0.717) is 0 Å². The van der Waals surface area contributed by atoms with Crippen LogP contribution in [0, 0.1) is 6.92 Å². The van der Waals surface area contributed by atoms with Crippen LogP contribution in [0.3, 0.4) is 0 Å². The Morgan fingerprint density at radius 2 is 1.79 bits per heavy atom. The zero-order chi connectivity index (χ0) is 17.4. The molecule has 0 spiro atoms. The molecule has 0 radical (unpaired) electrons. The molecule has 8 heteroatoms. The second-order valence-electron chi connectivity index (χ2n) is 5.82. The van der Waals surface area contributed by atoms with Crippen LogP contribution in [0.1, 0.15) is 22.1 Å². The Labute approximate surface area is 146 Å². The van der Waals surface area contributed by atoms with E-state index in [4.69, 9.17) is 0 Å². The van der Waals surface area contributed by atoms with Crippen molar-refractivity contribution >= 4 is 31.2 Å². The predicted molar refractivity (Wildman–Crippen MR) is 95.4 cm³/mol. The highest BCUT2D eigenvalue weighted by molar-refractivity contribution is 7.92. The van der Waals surface area contributed by atoms with Crippen LogP contribution in [-0.2, 0) is 19.9 Å². The highest BCUT2D eigenvalue weighted by atomic mass is 32.2. The summed E-state index contributed by atoms with van der Waals surface area (Å²) in [6.45, 7) is 2.06. The first kappa shape index (κ1) is 17.6.